The number of carbonyl (C=O) groups excluding carboxylic acids is 3. The van der Waals surface area contributed by atoms with Crippen LogP contribution in [0.3, 0.4) is 0 Å². The number of rotatable bonds is 6. The predicted octanol–water partition coefficient (Wildman–Crippen LogP) is 1.54. The third-order valence-corrected chi connectivity index (χ3v) is 5.70. The lowest BCUT2D eigenvalue weighted by Crippen LogP contribution is -2.46. The van der Waals surface area contributed by atoms with Crippen molar-refractivity contribution in [3.8, 4) is 0 Å². The molecule has 0 unspecified atom stereocenters. The summed E-state index contributed by atoms with van der Waals surface area (Å²) < 4.78 is 0. The minimum absolute atomic E-state index is 0.225. The molecule has 3 amide bonds. The number of primary amides is 1. The highest BCUT2D eigenvalue weighted by molar-refractivity contribution is 6.31. The molecule has 0 bridgehead atoms. The number of H-pyrrole nitrogens is 1. The van der Waals surface area contributed by atoms with Crippen molar-refractivity contribution in [2.75, 3.05) is 0 Å². The zero-order valence-corrected chi connectivity index (χ0v) is 17.3. The van der Waals surface area contributed by atoms with E-state index in [9.17, 15) is 14.4 Å². The Kier molecular flexibility index (Phi) is 5.67. The zero-order valence-electron chi connectivity index (χ0n) is 16.5. The number of nitrogens with two attached hydrogens (primary N) is 2. The number of fused-ring (bicyclic) bond motifs is 2. The molecule has 0 saturated heterocycles. The van der Waals surface area contributed by atoms with E-state index in [-0.39, 0.29) is 18.4 Å². The molecule has 1 aliphatic carbocycles. The zero-order chi connectivity index (χ0) is 22.1. The molecular formula is C22H22ClN5O3. The average molecular weight is 440 g/mol. The second-order valence-electron chi connectivity index (χ2n) is 7.66. The van der Waals surface area contributed by atoms with Gasteiger partial charge in [0.05, 0.1) is 24.5 Å². The molecule has 4 rings (SSSR count). The van der Waals surface area contributed by atoms with Crippen LogP contribution >= 0.6 is 11.6 Å². The molecule has 0 saturated carbocycles. The van der Waals surface area contributed by atoms with Gasteiger partial charge in [-0.3, -0.25) is 14.4 Å². The van der Waals surface area contributed by atoms with Gasteiger partial charge in [-0.2, -0.15) is 0 Å². The molecule has 1 aliphatic rings. The number of nitrogens with one attached hydrogen (secondary N) is 3. The van der Waals surface area contributed by atoms with Gasteiger partial charge in [0.25, 0.3) is 5.91 Å². The smallest absolute Gasteiger partial charge is 0.268 e. The molecule has 1 heterocycles. The Morgan fingerprint density at radius 3 is 2.68 bits per heavy atom. The first-order valence-electron chi connectivity index (χ1n) is 9.83. The van der Waals surface area contributed by atoms with Crippen LogP contribution in [0.1, 0.15) is 34.1 Å². The van der Waals surface area contributed by atoms with E-state index in [2.05, 4.69) is 15.6 Å². The van der Waals surface area contributed by atoms with Crippen LogP contribution in [0.25, 0.3) is 10.9 Å². The van der Waals surface area contributed by atoms with Crippen molar-refractivity contribution in [2.24, 2.45) is 11.5 Å². The summed E-state index contributed by atoms with van der Waals surface area (Å²) in [5.74, 6) is -1.45. The Labute approximate surface area is 183 Å². The molecule has 0 fully saturated rings. The molecular weight excluding hydrogens is 418 g/mol. The number of halogens is 1. The predicted molar refractivity (Wildman–Crippen MR) is 117 cm³/mol. The molecule has 0 spiro atoms. The third kappa shape index (κ3) is 4.40. The molecule has 8 nitrogen and oxygen atoms in total. The van der Waals surface area contributed by atoms with Gasteiger partial charge in [-0.1, -0.05) is 35.9 Å². The fraction of sp³-hybridized carbons (Fsp3) is 0.227. The van der Waals surface area contributed by atoms with Crippen molar-refractivity contribution in [1.29, 1.82) is 0 Å². The summed E-state index contributed by atoms with van der Waals surface area (Å²) in [5, 5.41) is 7.32. The molecule has 160 valence electrons. The molecule has 3 aromatic rings. The van der Waals surface area contributed by atoms with Crippen molar-refractivity contribution in [3.63, 3.8) is 0 Å². The highest BCUT2D eigenvalue weighted by Gasteiger charge is 2.35. The largest absolute Gasteiger partial charge is 0.368 e. The Hall–Kier alpha value is -3.36. The SMILES string of the molecule is NC(=O)[C@H](N)CC(=O)N[C@@H]1c2ccccc2C[C@H]1NC(=O)c1cc2cc(Cl)ccc2[nH]1. The monoisotopic (exact) mass is 439 g/mol. The van der Waals surface area contributed by atoms with Gasteiger partial charge in [0.1, 0.15) is 5.69 Å². The van der Waals surface area contributed by atoms with Gasteiger partial charge < -0.3 is 27.1 Å². The first-order valence-corrected chi connectivity index (χ1v) is 10.2. The Morgan fingerprint density at radius 1 is 1.13 bits per heavy atom. The van der Waals surface area contributed by atoms with Gasteiger partial charge >= 0.3 is 0 Å². The summed E-state index contributed by atoms with van der Waals surface area (Å²) in [4.78, 5) is 39.6. The fourth-order valence-corrected chi connectivity index (χ4v) is 4.09. The maximum atomic E-state index is 12.9. The van der Waals surface area contributed by atoms with Gasteiger partial charge in [0.2, 0.25) is 11.8 Å². The summed E-state index contributed by atoms with van der Waals surface area (Å²) in [6.45, 7) is 0. The number of aromatic amines is 1. The number of carbonyl (C=O) groups is 3. The maximum Gasteiger partial charge on any atom is 0.268 e. The minimum Gasteiger partial charge on any atom is -0.368 e. The van der Waals surface area contributed by atoms with Crippen molar-refractivity contribution >= 4 is 40.2 Å². The normalized spacial score (nSPS) is 18.4. The van der Waals surface area contributed by atoms with E-state index in [0.717, 1.165) is 22.0 Å². The van der Waals surface area contributed by atoms with E-state index in [4.69, 9.17) is 23.1 Å². The summed E-state index contributed by atoms with van der Waals surface area (Å²) in [6.07, 6.45) is 0.332. The van der Waals surface area contributed by atoms with E-state index in [1.165, 1.54) is 0 Å². The van der Waals surface area contributed by atoms with Gasteiger partial charge in [-0.25, -0.2) is 0 Å². The van der Waals surface area contributed by atoms with E-state index in [1.807, 2.05) is 30.3 Å². The van der Waals surface area contributed by atoms with Crippen molar-refractivity contribution in [2.45, 2.75) is 31.0 Å². The second kappa shape index (κ2) is 8.41. The average Bonchev–Trinajstić information content (AvgIpc) is 3.29. The van der Waals surface area contributed by atoms with Crippen LogP contribution in [0.15, 0.2) is 48.5 Å². The molecule has 1 aromatic heterocycles. The Morgan fingerprint density at radius 2 is 1.90 bits per heavy atom. The quantitative estimate of drug-likeness (QED) is 0.397. The topological polar surface area (TPSA) is 143 Å². The first-order chi connectivity index (χ1) is 14.8. The standard InChI is InChI=1S/C22H22ClN5O3/c23-13-5-6-16-12(7-13)9-18(26-16)22(31)27-17-8-11-3-1-2-4-14(11)20(17)28-19(29)10-15(24)21(25)30/h1-7,9,15,17,20,26H,8,10,24H2,(H2,25,30)(H,27,31)(H,28,29)/t15-,17-,20-/m1/s1. The van der Waals surface area contributed by atoms with Crippen molar-refractivity contribution < 1.29 is 14.4 Å². The Balaban J connectivity index is 1.53. The first kappa shape index (κ1) is 20.9. The van der Waals surface area contributed by atoms with Gasteiger partial charge in [0.15, 0.2) is 0 Å². The van der Waals surface area contributed by atoms with Gasteiger partial charge in [-0.05, 0) is 41.8 Å². The van der Waals surface area contributed by atoms with Crippen LogP contribution in [0.4, 0.5) is 0 Å². The number of aromatic nitrogens is 1. The molecule has 31 heavy (non-hydrogen) atoms. The summed E-state index contributed by atoms with van der Waals surface area (Å²) >= 11 is 6.03. The van der Waals surface area contributed by atoms with Crippen molar-refractivity contribution in [3.05, 3.63) is 70.4 Å². The summed E-state index contributed by atoms with van der Waals surface area (Å²) in [7, 11) is 0. The highest BCUT2D eigenvalue weighted by Crippen LogP contribution is 2.32. The fourth-order valence-electron chi connectivity index (χ4n) is 3.91. The van der Waals surface area contributed by atoms with Gasteiger partial charge in [-0.15, -0.1) is 0 Å². The van der Waals surface area contributed by atoms with Crippen LogP contribution in [0.5, 0.6) is 0 Å². The molecule has 2 aromatic carbocycles. The lowest BCUT2D eigenvalue weighted by atomic mass is 10.1. The molecule has 3 atom stereocenters. The molecule has 9 heteroatoms. The van der Waals surface area contributed by atoms with E-state index >= 15 is 0 Å². The van der Waals surface area contributed by atoms with Crippen molar-refractivity contribution in [1.82, 2.24) is 15.6 Å². The number of hydrogen-bond acceptors (Lipinski definition) is 4. The lowest BCUT2D eigenvalue weighted by molar-refractivity contribution is -0.126. The molecule has 7 N–H and O–H groups in total. The van der Waals surface area contributed by atoms with Crippen LogP contribution in [0.2, 0.25) is 5.02 Å². The number of benzene rings is 2. The van der Waals surface area contributed by atoms with E-state index < -0.39 is 23.9 Å². The van der Waals surface area contributed by atoms with Crippen LogP contribution in [0, 0.1) is 0 Å². The number of hydrogen-bond donors (Lipinski definition) is 5. The summed E-state index contributed by atoms with van der Waals surface area (Å²) in [6, 6.07) is 12.8. The van der Waals surface area contributed by atoms with Crippen LogP contribution < -0.4 is 22.1 Å². The lowest BCUT2D eigenvalue weighted by Gasteiger charge is -2.23. The van der Waals surface area contributed by atoms with E-state index in [0.29, 0.717) is 17.1 Å². The molecule has 0 aliphatic heterocycles. The highest BCUT2D eigenvalue weighted by atomic mass is 35.5. The maximum absolute atomic E-state index is 12.9. The Bertz CT molecular complexity index is 1170. The minimum atomic E-state index is -1.07. The van der Waals surface area contributed by atoms with Crippen LogP contribution in [-0.2, 0) is 16.0 Å². The number of amides is 3. The second-order valence-corrected chi connectivity index (χ2v) is 8.09. The third-order valence-electron chi connectivity index (χ3n) is 5.46. The molecule has 0 radical (unpaired) electrons. The van der Waals surface area contributed by atoms with E-state index in [1.54, 1.807) is 18.2 Å². The van der Waals surface area contributed by atoms with Gasteiger partial charge in [0, 0.05) is 15.9 Å². The summed E-state index contributed by atoms with van der Waals surface area (Å²) in [5.41, 5.74) is 13.9. The van der Waals surface area contributed by atoms with Crippen LogP contribution in [-0.4, -0.2) is 34.8 Å².